The molecule has 0 saturated heterocycles. The fraction of sp³-hybridized carbons (Fsp3) is 0.471. The molecule has 0 spiro atoms. The second kappa shape index (κ2) is 6.66. The Morgan fingerprint density at radius 2 is 2.17 bits per heavy atom. The van der Waals surface area contributed by atoms with E-state index >= 15 is 0 Å². The summed E-state index contributed by atoms with van der Waals surface area (Å²) in [5.41, 5.74) is 2.84. The number of hydrogen-bond donors (Lipinski definition) is 0. The molecule has 1 atom stereocenters. The maximum atomic E-state index is 13.0. The number of methoxy groups -OCH3 is 1. The van der Waals surface area contributed by atoms with E-state index in [1.54, 1.807) is 25.3 Å². The van der Waals surface area contributed by atoms with Gasteiger partial charge in [-0.05, 0) is 31.5 Å². The van der Waals surface area contributed by atoms with Crippen molar-refractivity contribution in [3.8, 4) is 0 Å². The van der Waals surface area contributed by atoms with Gasteiger partial charge in [-0.2, -0.15) is 9.40 Å². The SMILES string of the molecule is CCn1cc2c(n1)[C@@H](COC)CN(S(=O)(=O)c1cccc(C)c1)C2. The summed E-state index contributed by atoms with van der Waals surface area (Å²) in [5, 5.41) is 4.59. The molecule has 7 heteroatoms. The van der Waals surface area contributed by atoms with E-state index in [0.717, 1.165) is 23.4 Å². The Bertz CT molecular complexity index is 829. The van der Waals surface area contributed by atoms with E-state index in [1.807, 2.05) is 30.8 Å². The van der Waals surface area contributed by atoms with Crippen LogP contribution in [0.15, 0.2) is 35.4 Å². The van der Waals surface area contributed by atoms with Crippen molar-refractivity contribution in [3.05, 3.63) is 47.3 Å². The Morgan fingerprint density at radius 3 is 2.83 bits per heavy atom. The maximum absolute atomic E-state index is 13.0. The number of fused-ring (bicyclic) bond motifs is 1. The summed E-state index contributed by atoms with van der Waals surface area (Å²) in [4.78, 5) is 0.338. The van der Waals surface area contributed by atoms with Crippen LogP contribution in [0.5, 0.6) is 0 Å². The van der Waals surface area contributed by atoms with Crippen LogP contribution in [0, 0.1) is 6.92 Å². The number of benzene rings is 1. The first-order chi connectivity index (χ1) is 11.5. The van der Waals surface area contributed by atoms with Gasteiger partial charge in [-0.25, -0.2) is 8.42 Å². The van der Waals surface area contributed by atoms with Gasteiger partial charge in [-0.3, -0.25) is 4.68 Å². The third-order valence-electron chi connectivity index (χ3n) is 4.35. The molecule has 6 nitrogen and oxygen atoms in total. The minimum atomic E-state index is -3.54. The quantitative estimate of drug-likeness (QED) is 0.830. The summed E-state index contributed by atoms with van der Waals surface area (Å²) >= 11 is 0. The van der Waals surface area contributed by atoms with Crippen LogP contribution in [0.25, 0.3) is 0 Å². The van der Waals surface area contributed by atoms with Gasteiger partial charge >= 0.3 is 0 Å². The van der Waals surface area contributed by atoms with Gasteiger partial charge in [-0.15, -0.1) is 0 Å². The Kier molecular flexibility index (Phi) is 4.76. The molecule has 1 aromatic carbocycles. The molecule has 24 heavy (non-hydrogen) atoms. The van der Waals surface area contributed by atoms with Crippen LogP contribution in [-0.4, -0.2) is 42.8 Å². The first-order valence-electron chi connectivity index (χ1n) is 8.07. The van der Waals surface area contributed by atoms with E-state index in [4.69, 9.17) is 4.74 Å². The summed E-state index contributed by atoms with van der Waals surface area (Å²) in [6.07, 6.45) is 1.94. The number of rotatable bonds is 5. The van der Waals surface area contributed by atoms with Gasteiger partial charge in [0.2, 0.25) is 10.0 Å². The average Bonchev–Trinajstić information content (AvgIpc) is 2.98. The minimum Gasteiger partial charge on any atom is -0.384 e. The topological polar surface area (TPSA) is 64.4 Å². The lowest BCUT2D eigenvalue weighted by atomic mass is 9.99. The van der Waals surface area contributed by atoms with Crippen molar-refractivity contribution in [2.45, 2.75) is 37.8 Å². The maximum Gasteiger partial charge on any atom is 0.243 e. The smallest absolute Gasteiger partial charge is 0.243 e. The molecule has 0 amide bonds. The number of nitrogens with zero attached hydrogens (tertiary/aromatic N) is 3. The van der Waals surface area contributed by atoms with Crippen molar-refractivity contribution >= 4 is 10.0 Å². The van der Waals surface area contributed by atoms with Gasteiger partial charge < -0.3 is 4.74 Å². The van der Waals surface area contributed by atoms with Gasteiger partial charge in [0.15, 0.2) is 0 Å². The zero-order valence-electron chi connectivity index (χ0n) is 14.3. The average molecular weight is 349 g/mol. The summed E-state index contributed by atoms with van der Waals surface area (Å²) in [6, 6.07) is 7.04. The largest absolute Gasteiger partial charge is 0.384 e. The molecule has 0 radical (unpaired) electrons. The van der Waals surface area contributed by atoms with Crippen molar-refractivity contribution in [1.29, 1.82) is 0 Å². The first-order valence-corrected chi connectivity index (χ1v) is 9.51. The molecular weight excluding hydrogens is 326 g/mol. The Labute approximate surface area is 143 Å². The van der Waals surface area contributed by atoms with E-state index in [9.17, 15) is 8.42 Å². The zero-order chi connectivity index (χ0) is 17.3. The van der Waals surface area contributed by atoms with Gasteiger partial charge in [0, 0.05) is 44.4 Å². The molecule has 1 aromatic heterocycles. The molecule has 0 aliphatic carbocycles. The lowest BCUT2D eigenvalue weighted by molar-refractivity contribution is 0.161. The summed E-state index contributed by atoms with van der Waals surface area (Å²) in [7, 11) is -1.91. The predicted molar refractivity (Wildman–Crippen MR) is 91.3 cm³/mol. The Hall–Kier alpha value is -1.70. The highest BCUT2D eigenvalue weighted by Gasteiger charge is 2.35. The molecule has 0 fully saturated rings. The normalized spacial score (nSPS) is 18.5. The fourth-order valence-corrected chi connectivity index (χ4v) is 4.70. The number of aromatic nitrogens is 2. The number of ether oxygens (including phenoxy) is 1. The standard InChI is InChI=1S/C17H23N3O3S/c1-4-19-9-14-10-20(11-15(12-23-3)17(14)18-19)24(21,22)16-7-5-6-13(2)8-16/h5-9,15H,4,10-12H2,1-3H3/t15-/m1/s1. The van der Waals surface area contributed by atoms with Gasteiger partial charge in [0.05, 0.1) is 17.2 Å². The molecule has 1 aliphatic heterocycles. The van der Waals surface area contributed by atoms with Crippen LogP contribution in [-0.2, 0) is 27.8 Å². The van der Waals surface area contributed by atoms with Crippen molar-refractivity contribution in [3.63, 3.8) is 0 Å². The molecular formula is C17H23N3O3S. The van der Waals surface area contributed by atoms with E-state index in [1.165, 1.54) is 4.31 Å². The van der Waals surface area contributed by atoms with Gasteiger partial charge in [-0.1, -0.05) is 12.1 Å². The van der Waals surface area contributed by atoms with E-state index in [0.29, 0.717) is 24.6 Å². The molecule has 2 aromatic rings. The molecule has 2 heterocycles. The Balaban J connectivity index is 1.97. The van der Waals surface area contributed by atoms with Crippen LogP contribution in [0.1, 0.15) is 29.7 Å². The van der Waals surface area contributed by atoms with Crippen LogP contribution < -0.4 is 0 Å². The monoisotopic (exact) mass is 349 g/mol. The Morgan fingerprint density at radius 1 is 1.38 bits per heavy atom. The number of hydrogen-bond acceptors (Lipinski definition) is 4. The first kappa shape index (κ1) is 17.1. The lowest BCUT2D eigenvalue weighted by Crippen LogP contribution is -2.39. The van der Waals surface area contributed by atoms with Gasteiger partial charge in [0.1, 0.15) is 0 Å². The molecule has 3 rings (SSSR count). The van der Waals surface area contributed by atoms with E-state index in [2.05, 4.69) is 5.10 Å². The summed E-state index contributed by atoms with van der Waals surface area (Å²) in [5.74, 6) is -0.0499. The van der Waals surface area contributed by atoms with Crippen LogP contribution in [0.3, 0.4) is 0 Å². The third-order valence-corrected chi connectivity index (χ3v) is 6.15. The third kappa shape index (κ3) is 3.11. The van der Waals surface area contributed by atoms with Crippen molar-refractivity contribution in [2.75, 3.05) is 20.3 Å². The predicted octanol–water partition coefficient (Wildman–Crippen LogP) is 2.15. The molecule has 0 saturated carbocycles. The van der Waals surface area contributed by atoms with E-state index < -0.39 is 10.0 Å². The molecule has 0 unspecified atom stereocenters. The highest BCUT2D eigenvalue weighted by molar-refractivity contribution is 7.89. The second-order valence-corrected chi connectivity index (χ2v) is 8.10. The molecule has 0 N–H and O–H groups in total. The van der Waals surface area contributed by atoms with Crippen LogP contribution in [0.2, 0.25) is 0 Å². The zero-order valence-corrected chi connectivity index (χ0v) is 15.1. The minimum absolute atomic E-state index is 0.0499. The highest BCUT2D eigenvalue weighted by Crippen LogP contribution is 2.31. The van der Waals surface area contributed by atoms with Crippen LogP contribution in [0.4, 0.5) is 0 Å². The van der Waals surface area contributed by atoms with Crippen LogP contribution >= 0.6 is 0 Å². The molecule has 0 bridgehead atoms. The summed E-state index contributed by atoms with van der Waals surface area (Å²) in [6.45, 7) is 5.87. The van der Waals surface area contributed by atoms with Gasteiger partial charge in [0.25, 0.3) is 0 Å². The molecule has 130 valence electrons. The number of aryl methyl sites for hydroxylation is 2. The number of sulfonamides is 1. The highest BCUT2D eigenvalue weighted by atomic mass is 32.2. The summed E-state index contributed by atoms with van der Waals surface area (Å²) < 4.78 is 34.8. The van der Waals surface area contributed by atoms with Crippen molar-refractivity contribution < 1.29 is 13.2 Å². The van der Waals surface area contributed by atoms with Crippen molar-refractivity contribution in [1.82, 2.24) is 14.1 Å². The second-order valence-electron chi connectivity index (χ2n) is 6.16. The van der Waals surface area contributed by atoms with E-state index in [-0.39, 0.29) is 5.92 Å². The lowest BCUT2D eigenvalue weighted by Gasteiger charge is -2.31. The van der Waals surface area contributed by atoms with Crippen molar-refractivity contribution in [2.24, 2.45) is 0 Å². The fourth-order valence-electron chi connectivity index (χ4n) is 3.13. The molecule has 1 aliphatic rings.